The van der Waals surface area contributed by atoms with E-state index in [2.05, 4.69) is 0 Å². The number of fused-ring (bicyclic) bond motifs is 1. The second kappa shape index (κ2) is 4.70. The van der Waals surface area contributed by atoms with Crippen LogP contribution in [0.25, 0.3) is 0 Å². The molecule has 0 N–H and O–H groups in total. The molecule has 2 aliphatic rings. The maximum Gasteiger partial charge on any atom is 0.182 e. The zero-order valence-corrected chi connectivity index (χ0v) is 11.0. The molecule has 0 amide bonds. The summed E-state index contributed by atoms with van der Waals surface area (Å²) in [5.41, 5.74) is -3.21. The van der Waals surface area contributed by atoms with Crippen molar-refractivity contribution in [3.8, 4) is 24.3 Å². The molecule has 0 heterocycles. The Bertz CT molecular complexity index is 641. The predicted molar refractivity (Wildman–Crippen MR) is 70.9 cm³/mol. The molecule has 4 nitrogen and oxygen atoms in total. The van der Waals surface area contributed by atoms with Crippen molar-refractivity contribution in [3.63, 3.8) is 0 Å². The molecule has 20 heavy (non-hydrogen) atoms. The highest BCUT2D eigenvalue weighted by molar-refractivity contribution is 5.49. The van der Waals surface area contributed by atoms with Gasteiger partial charge in [-0.25, -0.2) is 0 Å². The molecule has 0 unspecified atom stereocenters. The zero-order valence-electron chi connectivity index (χ0n) is 11.0. The monoisotopic (exact) mass is 260 g/mol. The molecule has 1 fully saturated rings. The minimum absolute atomic E-state index is 0.174. The molecule has 2 rings (SSSR count). The van der Waals surface area contributed by atoms with E-state index in [0.29, 0.717) is 0 Å². The smallest absolute Gasteiger partial charge is 0.182 e. The number of nitriles is 4. The van der Waals surface area contributed by atoms with Gasteiger partial charge in [-0.05, 0) is 5.92 Å². The normalized spacial score (nSPS) is 35.0. The molecule has 0 bridgehead atoms. The fraction of sp³-hybridized carbons (Fsp3) is 0.375. The number of rotatable bonds is 0. The quantitative estimate of drug-likeness (QED) is 0.625. The van der Waals surface area contributed by atoms with Gasteiger partial charge < -0.3 is 0 Å². The van der Waals surface area contributed by atoms with Crippen molar-refractivity contribution < 1.29 is 0 Å². The molecule has 0 saturated heterocycles. The summed E-state index contributed by atoms with van der Waals surface area (Å²) in [6, 6.07) is 7.70. The highest BCUT2D eigenvalue weighted by atomic mass is 14.7. The van der Waals surface area contributed by atoms with Gasteiger partial charge in [0, 0.05) is 11.8 Å². The molecule has 0 aromatic heterocycles. The van der Waals surface area contributed by atoms with Crippen LogP contribution in [0.3, 0.4) is 0 Å². The first kappa shape index (κ1) is 13.6. The summed E-state index contributed by atoms with van der Waals surface area (Å²) in [4.78, 5) is 0. The van der Waals surface area contributed by atoms with Crippen molar-refractivity contribution in [1.29, 1.82) is 21.0 Å². The van der Waals surface area contributed by atoms with E-state index in [-0.39, 0.29) is 5.92 Å². The van der Waals surface area contributed by atoms with E-state index in [4.69, 9.17) is 0 Å². The lowest BCUT2D eigenvalue weighted by molar-refractivity contribution is 0.00673. The Morgan fingerprint density at radius 1 is 0.700 bits per heavy atom. The van der Waals surface area contributed by atoms with Gasteiger partial charge in [0.15, 0.2) is 10.8 Å². The Kier molecular flexibility index (Phi) is 3.19. The van der Waals surface area contributed by atoms with Gasteiger partial charge in [-0.15, -0.1) is 0 Å². The molecular weight excluding hydrogens is 248 g/mol. The van der Waals surface area contributed by atoms with Crippen LogP contribution in [0.5, 0.6) is 0 Å². The fourth-order valence-corrected chi connectivity index (χ4v) is 2.98. The van der Waals surface area contributed by atoms with Crippen LogP contribution in [-0.2, 0) is 0 Å². The van der Waals surface area contributed by atoms with Crippen LogP contribution < -0.4 is 0 Å². The number of hydrogen-bond donors (Lipinski definition) is 0. The Labute approximate surface area is 118 Å². The standard InChI is InChI=1S/C16H12N4/c1-12-4-2-3-5-13-14(7-6-12)16(10-19,11-20)15(13,8-17)9-18/h2-7,12-14H,1H3/b4-2-,5-3-,7-6?/t12-,13+,14+/m1/s1. The van der Waals surface area contributed by atoms with Gasteiger partial charge in [-0.3, -0.25) is 0 Å². The van der Waals surface area contributed by atoms with Gasteiger partial charge in [0.25, 0.3) is 0 Å². The molecule has 0 aromatic rings. The minimum atomic E-state index is -1.61. The summed E-state index contributed by atoms with van der Waals surface area (Å²) < 4.78 is 0. The molecular formula is C16H12N4. The van der Waals surface area contributed by atoms with Crippen molar-refractivity contribution >= 4 is 0 Å². The summed E-state index contributed by atoms with van der Waals surface area (Å²) in [7, 11) is 0. The van der Waals surface area contributed by atoms with Crippen LogP contribution in [0.2, 0.25) is 0 Å². The molecule has 96 valence electrons. The third-order valence-electron chi connectivity index (χ3n) is 4.18. The highest BCUT2D eigenvalue weighted by Gasteiger charge is 2.74. The van der Waals surface area contributed by atoms with Crippen LogP contribution in [0.15, 0.2) is 36.5 Å². The first-order chi connectivity index (χ1) is 9.61. The van der Waals surface area contributed by atoms with Crippen LogP contribution in [0.4, 0.5) is 0 Å². The Balaban J connectivity index is 2.63. The van der Waals surface area contributed by atoms with Crippen molar-refractivity contribution in [2.45, 2.75) is 6.92 Å². The molecule has 0 spiro atoms. The second-order valence-electron chi connectivity index (χ2n) is 5.13. The summed E-state index contributed by atoms with van der Waals surface area (Å²) in [5, 5.41) is 37.7. The molecule has 2 aliphatic carbocycles. The van der Waals surface area contributed by atoms with Crippen molar-refractivity contribution in [2.24, 2.45) is 28.6 Å². The Hall–Kier alpha value is -2.82. The Morgan fingerprint density at radius 3 is 1.65 bits per heavy atom. The molecule has 0 radical (unpaired) electrons. The maximum absolute atomic E-state index is 9.42. The largest absolute Gasteiger partial charge is 0.196 e. The molecule has 3 atom stereocenters. The van der Waals surface area contributed by atoms with E-state index < -0.39 is 22.7 Å². The summed E-state index contributed by atoms with van der Waals surface area (Å²) in [5.74, 6) is -0.703. The summed E-state index contributed by atoms with van der Waals surface area (Å²) in [6.07, 6.45) is 11.1. The summed E-state index contributed by atoms with van der Waals surface area (Å²) >= 11 is 0. The predicted octanol–water partition coefficient (Wildman–Crippen LogP) is 2.62. The van der Waals surface area contributed by atoms with Crippen LogP contribution in [0, 0.1) is 73.9 Å². The van der Waals surface area contributed by atoms with E-state index in [1.54, 1.807) is 18.2 Å². The van der Waals surface area contributed by atoms with Gasteiger partial charge in [0.05, 0.1) is 24.3 Å². The maximum atomic E-state index is 9.42. The van der Waals surface area contributed by atoms with Crippen molar-refractivity contribution in [1.82, 2.24) is 0 Å². The van der Waals surface area contributed by atoms with Crippen LogP contribution >= 0.6 is 0 Å². The molecule has 0 aliphatic heterocycles. The highest BCUT2D eigenvalue weighted by Crippen LogP contribution is 2.65. The van der Waals surface area contributed by atoms with E-state index in [0.717, 1.165) is 0 Å². The van der Waals surface area contributed by atoms with E-state index in [1.807, 2.05) is 49.4 Å². The van der Waals surface area contributed by atoms with E-state index in [9.17, 15) is 21.0 Å². The third kappa shape index (κ3) is 1.43. The fourth-order valence-electron chi connectivity index (χ4n) is 2.98. The average molecular weight is 260 g/mol. The molecule has 4 heteroatoms. The topological polar surface area (TPSA) is 95.2 Å². The van der Waals surface area contributed by atoms with E-state index in [1.165, 1.54) is 0 Å². The van der Waals surface area contributed by atoms with Gasteiger partial charge >= 0.3 is 0 Å². The summed E-state index contributed by atoms with van der Waals surface area (Å²) in [6.45, 7) is 1.99. The second-order valence-corrected chi connectivity index (χ2v) is 5.13. The van der Waals surface area contributed by atoms with Crippen LogP contribution in [-0.4, -0.2) is 0 Å². The lowest BCUT2D eigenvalue weighted by atomic mass is 9.39. The van der Waals surface area contributed by atoms with Gasteiger partial charge in [-0.1, -0.05) is 43.4 Å². The average Bonchev–Trinajstić information content (AvgIpc) is 2.54. The number of nitrogens with zero attached hydrogens (tertiary/aromatic N) is 4. The number of hydrogen-bond acceptors (Lipinski definition) is 4. The third-order valence-corrected chi connectivity index (χ3v) is 4.18. The van der Waals surface area contributed by atoms with Crippen molar-refractivity contribution in [3.05, 3.63) is 36.5 Å². The first-order valence-corrected chi connectivity index (χ1v) is 6.30. The number of allylic oxidation sites excluding steroid dienone is 6. The lowest BCUT2D eigenvalue weighted by Crippen LogP contribution is -2.62. The SMILES string of the molecule is C[C@H]1C=C[C@H]2[C@H](/C=C\C=C/1)C(C#N)(C#N)C2(C#N)C#N. The van der Waals surface area contributed by atoms with E-state index >= 15 is 0 Å². The lowest BCUT2D eigenvalue weighted by Gasteiger charge is -2.53. The zero-order chi connectivity index (χ0) is 14.8. The Morgan fingerprint density at radius 2 is 1.15 bits per heavy atom. The van der Waals surface area contributed by atoms with Gasteiger partial charge in [-0.2, -0.15) is 21.0 Å². The first-order valence-electron chi connectivity index (χ1n) is 6.30. The molecule has 0 aromatic carbocycles. The molecule has 1 saturated carbocycles. The van der Waals surface area contributed by atoms with Crippen LogP contribution in [0.1, 0.15) is 6.92 Å². The van der Waals surface area contributed by atoms with Gasteiger partial charge in [0.2, 0.25) is 0 Å². The van der Waals surface area contributed by atoms with Gasteiger partial charge in [0.1, 0.15) is 0 Å². The minimum Gasteiger partial charge on any atom is -0.196 e. The van der Waals surface area contributed by atoms with Crippen molar-refractivity contribution in [2.75, 3.05) is 0 Å².